The van der Waals surface area contributed by atoms with Crippen LogP contribution in [-0.2, 0) is 4.79 Å². The van der Waals surface area contributed by atoms with Gasteiger partial charge in [0.2, 0.25) is 5.91 Å². The molecule has 2 heterocycles. The highest BCUT2D eigenvalue weighted by molar-refractivity contribution is 9.10. The van der Waals surface area contributed by atoms with Crippen molar-refractivity contribution in [3.8, 4) is 5.69 Å². The molecule has 1 amide bonds. The molecule has 6 nitrogen and oxygen atoms in total. The number of hydrogen-bond acceptors (Lipinski definition) is 5. The van der Waals surface area contributed by atoms with Crippen LogP contribution < -0.4 is 5.32 Å². The summed E-state index contributed by atoms with van der Waals surface area (Å²) in [5.74, 6) is 0.349. The Bertz CT molecular complexity index is 740. The number of thioether (sulfide) groups is 1. The van der Waals surface area contributed by atoms with E-state index in [0.717, 1.165) is 15.7 Å². The molecule has 0 atom stereocenters. The van der Waals surface area contributed by atoms with Crippen molar-refractivity contribution >= 4 is 45.0 Å². The summed E-state index contributed by atoms with van der Waals surface area (Å²) >= 11 is 4.72. The first-order chi connectivity index (χ1) is 10.2. The number of hydrogen-bond donors (Lipinski definition) is 1. The smallest absolute Gasteiger partial charge is 0.236 e. The molecule has 0 radical (unpaired) electrons. The number of nitrogens with one attached hydrogen (secondary N) is 1. The largest absolute Gasteiger partial charge is 0.303 e. The quantitative estimate of drug-likeness (QED) is 0.670. The predicted octanol–water partition coefficient (Wildman–Crippen LogP) is 2.19. The Morgan fingerprint density at radius 3 is 3.00 bits per heavy atom. The molecule has 21 heavy (non-hydrogen) atoms. The second-order valence-electron chi connectivity index (χ2n) is 4.15. The molecule has 1 N–H and O–H groups in total. The topological polar surface area (TPSA) is 71.6 Å². The zero-order chi connectivity index (χ0) is 14.7. The van der Waals surface area contributed by atoms with Crippen molar-refractivity contribution in [2.75, 3.05) is 5.75 Å². The normalized spacial score (nSPS) is 16.8. The van der Waals surface area contributed by atoms with E-state index < -0.39 is 0 Å². The predicted molar refractivity (Wildman–Crippen MR) is 86.9 cm³/mol. The van der Waals surface area contributed by atoms with Gasteiger partial charge in [-0.05, 0) is 22.0 Å². The van der Waals surface area contributed by atoms with Crippen LogP contribution >= 0.6 is 27.7 Å². The Balaban J connectivity index is 1.84. The molecule has 8 heteroatoms. The number of carbonyl (C=O) groups excluding carboxylic acids is 1. The van der Waals surface area contributed by atoms with E-state index in [2.05, 4.69) is 36.5 Å². The van der Waals surface area contributed by atoms with E-state index in [1.54, 1.807) is 17.1 Å². The van der Waals surface area contributed by atoms with E-state index in [-0.39, 0.29) is 5.91 Å². The fraction of sp³-hybridized carbons (Fsp3) is 0.0769. The van der Waals surface area contributed by atoms with Gasteiger partial charge in [0.25, 0.3) is 0 Å². The van der Waals surface area contributed by atoms with E-state index in [4.69, 9.17) is 0 Å². The van der Waals surface area contributed by atoms with E-state index in [1.807, 2.05) is 30.5 Å². The average Bonchev–Trinajstić information content (AvgIpc) is 3.08. The highest BCUT2D eigenvalue weighted by Gasteiger charge is 2.15. The van der Waals surface area contributed by atoms with Crippen LogP contribution in [0.4, 0.5) is 0 Å². The average molecular weight is 364 g/mol. The number of amidine groups is 1. The molecule has 1 fully saturated rings. The third-order valence-electron chi connectivity index (χ3n) is 2.67. The van der Waals surface area contributed by atoms with Crippen molar-refractivity contribution in [3.05, 3.63) is 46.7 Å². The van der Waals surface area contributed by atoms with Crippen molar-refractivity contribution in [3.63, 3.8) is 0 Å². The molecule has 0 unspecified atom stereocenters. The molecule has 2 aromatic rings. The fourth-order valence-corrected chi connectivity index (χ4v) is 2.68. The summed E-state index contributed by atoms with van der Waals surface area (Å²) in [4.78, 5) is 11.0. The van der Waals surface area contributed by atoms with Crippen molar-refractivity contribution in [1.82, 2.24) is 15.1 Å². The lowest BCUT2D eigenvalue weighted by molar-refractivity contribution is -0.116. The molecule has 106 valence electrons. The van der Waals surface area contributed by atoms with Gasteiger partial charge in [-0.2, -0.15) is 10.2 Å². The van der Waals surface area contributed by atoms with E-state index in [1.165, 1.54) is 11.8 Å². The Hall–Kier alpha value is -1.93. The molecule has 3 rings (SSSR count). The monoisotopic (exact) mass is 363 g/mol. The zero-order valence-corrected chi connectivity index (χ0v) is 13.1. The maximum Gasteiger partial charge on any atom is 0.236 e. The first-order valence-corrected chi connectivity index (χ1v) is 7.83. The van der Waals surface area contributed by atoms with Gasteiger partial charge >= 0.3 is 0 Å². The standard InChI is InChI=1S/C13H10BrN5OS/c14-10-6-16-19(7-10)11-4-2-1-3-9(11)5-15-18-13-17-12(20)8-21-13/h1-7H,8H2,(H,17,18,20). The van der Waals surface area contributed by atoms with Gasteiger partial charge < -0.3 is 5.32 Å². The van der Waals surface area contributed by atoms with Crippen LogP contribution in [0, 0.1) is 0 Å². The number of halogens is 1. The number of para-hydroxylation sites is 1. The highest BCUT2D eigenvalue weighted by Crippen LogP contribution is 2.15. The summed E-state index contributed by atoms with van der Waals surface area (Å²) in [7, 11) is 0. The van der Waals surface area contributed by atoms with Crippen LogP contribution in [0.15, 0.2) is 51.3 Å². The SMILES string of the molecule is O=C1CSC(=NN=Cc2ccccc2-n2cc(Br)cn2)N1. The summed E-state index contributed by atoms with van der Waals surface area (Å²) in [6.07, 6.45) is 5.23. The summed E-state index contributed by atoms with van der Waals surface area (Å²) in [6.45, 7) is 0. The van der Waals surface area contributed by atoms with Gasteiger partial charge in [0.15, 0.2) is 5.17 Å². The Morgan fingerprint density at radius 1 is 1.43 bits per heavy atom. The van der Waals surface area contributed by atoms with Gasteiger partial charge in [-0.1, -0.05) is 30.0 Å². The number of benzene rings is 1. The molecule has 0 aliphatic carbocycles. The fourth-order valence-electron chi connectivity index (χ4n) is 1.76. The van der Waals surface area contributed by atoms with Crippen molar-refractivity contribution in [2.45, 2.75) is 0 Å². The van der Waals surface area contributed by atoms with E-state index in [0.29, 0.717) is 10.9 Å². The second-order valence-corrected chi connectivity index (χ2v) is 6.03. The lowest BCUT2D eigenvalue weighted by atomic mass is 10.2. The molecule has 0 spiro atoms. The summed E-state index contributed by atoms with van der Waals surface area (Å²) in [6, 6.07) is 7.72. The van der Waals surface area contributed by atoms with E-state index >= 15 is 0 Å². The van der Waals surface area contributed by atoms with Crippen LogP contribution in [-0.4, -0.2) is 32.8 Å². The number of amides is 1. The van der Waals surface area contributed by atoms with Gasteiger partial charge in [-0.15, -0.1) is 5.10 Å². The number of rotatable bonds is 3. The minimum Gasteiger partial charge on any atom is -0.303 e. The van der Waals surface area contributed by atoms with Crippen molar-refractivity contribution in [2.24, 2.45) is 10.2 Å². The molecule has 1 aromatic carbocycles. The third-order valence-corrected chi connectivity index (χ3v) is 3.94. The maximum absolute atomic E-state index is 11.0. The molecule has 1 aliphatic heterocycles. The third kappa shape index (κ3) is 3.40. The van der Waals surface area contributed by atoms with Crippen LogP contribution in [0.25, 0.3) is 5.69 Å². The van der Waals surface area contributed by atoms with Gasteiger partial charge in [0, 0.05) is 11.8 Å². The van der Waals surface area contributed by atoms with Crippen LogP contribution in [0.3, 0.4) is 0 Å². The summed E-state index contributed by atoms with van der Waals surface area (Å²) < 4.78 is 2.66. The first kappa shape index (κ1) is 14.0. The van der Waals surface area contributed by atoms with Crippen LogP contribution in [0.5, 0.6) is 0 Å². The highest BCUT2D eigenvalue weighted by atomic mass is 79.9. The Kier molecular flexibility index (Phi) is 4.16. The molecular weight excluding hydrogens is 354 g/mol. The molecule has 1 aliphatic rings. The number of nitrogens with zero attached hydrogens (tertiary/aromatic N) is 4. The minimum absolute atomic E-state index is 0.0456. The molecule has 1 aromatic heterocycles. The molecule has 0 bridgehead atoms. The van der Waals surface area contributed by atoms with Gasteiger partial charge in [0.05, 0.1) is 28.3 Å². The lowest BCUT2D eigenvalue weighted by Gasteiger charge is -2.04. The lowest BCUT2D eigenvalue weighted by Crippen LogP contribution is -2.19. The number of carbonyl (C=O) groups is 1. The van der Waals surface area contributed by atoms with Gasteiger partial charge in [0.1, 0.15) is 0 Å². The second kappa shape index (κ2) is 6.23. The Labute approximate surface area is 133 Å². The Morgan fingerprint density at radius 2 is 2.29 bits per heavy atom. The molecule has 1 saturated heterocycles. The van der Waals surface area contributed by atoms with E-state index in [9.17, 15) is 4.79 Å². The van der Waals surface area contributed by atoms with Crippen molar-refractivity contribution in [1.29, 1.82) is 0 Å². The minimum atomic E-state index is -0.0456. The molecule has 0 saturated carbocycles. The maximum atomic E-state index is 11.0. The van der Waals surface area contributed by atoms with Crippen LogP contribution in [0.2, 0.25) is 0 Å². The van der Waals surface area contributed by atoms with Gasteiger partial charge in [-0.25, -0.2) is 4.68 Å². The summed E-state index contributed by atoms with van der Waals surface area (Å²) in [5, 5.41) is 15.4. The first-order valence-electron chi connectivity index (χ1n) is 6.05. The summed E-state index contributed by atoms with van der Waals surface area (Å²) in [5.41, 5.74) is 1.78. The van der Waals surface area contributed by atoms with Crippen molar-refractivity contribution < 1.29 is 4.79 Å². The zero-order valence-electron chi connectivity index (χ0n) is 10.7. The molecular formula is C13H10BrN5OS. The van der Waals surface area contributed by atoms with Gasteiger partial charge in [-0.3, -0.25) is 4.79 Å². The van der Waals surface area contributed by atoms with Crippen LogP contribution in [0.1, 0.15) is 5.56 Å². The number of aromatic nitrogens is 2.